The Morgan fingerprint density at radius 1 is 1.44 bits per heavy atom. The highest BCUT2D eigenvalue weighted by atomic mass is 35.5. The lowest BCUT2D eigenvalue weighted by atomic mass is 10.1. The van der Waals surface area contributed by atoms with Crippen molar-refractivity contribution in [1.29, 1.82) is 0 Å². The van der Waals surface area contributed by atoms with E-state index in [0.717, 1.165) is 10.7 Å². The molecule has 0 aliphatic rings. The van der Waals surface area contributed by atoms with Crippen LogP contribution in [0.25, 0.3) is 0 Å². The first-order chi connectivity index (χ1) is 8.54. The number of aliphatic hydroxyl groups is 1. The number of halogens is 2. The molecule has 1 atom stereocenters. The summed E-state index contributed by atoms with van der Waals surface area (Å²) in [6.07, 6.45) is 0.190. The molecular weight excluding hydrogens is 273 g/mol. The zero-order valence-corrected chi connectivity index (χ0v) is 11.4. The highest BCUT2D eigenvalue weighted by Gasteiger charge is 2.12. The molecule has 0 bridgehead atoms. The van der Waals surface area contributed by atoms with Crippen molar-refractivity contribution in [3.63, 3.8) is 0 Å². The highest BCUT2D eigenvalue weighted by molar-refractivity contribution is 7.09. The summed E-state index contributed by atoms with van der Waals surface area (Å²) in [5.41, 5.74) is 1.57. The largest absolute Gasteiger partial charge is 0.392 e. The number of hydrogen-bond donors (Lipinski definition) is 1. The Labute approximate surface area is 114 Å². The van der Waals surface area contributed by atoms with E-state index in [-0.39, 0.29) is 5.82 Å². The van der Waals surface area contributed by atoms with Gasteiger partial charge in [-0.05, 0) is 30.7 Å². The number of rotatable bonds is 4. The zero-order chi connectivity index (χ0) is 13.1. The monoisotopic (exact) mass is 285 g/mol. The molecule has 96 valence electrons. The number of nitrogens with zero attached hydrogens (tertiary/aromatic N) is 1. The van der Waals surface area contributed by atoms with Crippen molar-refractivity contribution in [2.24, 2.45) is 0 Å². The molecule has 2 nitrogen and oxygen atoms in total. The number of aliphatic hydroxyl groups excluding tert-OH is 1. The van der Waals surface area contributed by atoms with E-state index < -0.39 is 6.10 Å². The molecule has 0 aliphatic heterocycles. The molecule has 0 fully saturated rings. The van der Waals surface area contributed by atoms with Crippen LogP contribution in [-0.2, 0) is 12.8 Å². The minimum absolute atomic E-state index is 0.329. The Morgan fingerprint density at radius 3 is 2.89 bits per heavy atom. The Kier molecular flexibility index (Phi) is 4.32. The molecule has 1 heterocycles. The smallest absolute Gasteiger partial charge is 0.123 e. The van der Waals surface area contributed by atoms with Crippen LogP contribution < -0.4 is 0 Å². The first-order valence-electron chi connectivity index (χ1n) is 5.57. The van der Waals surface area contributed by atoms with Gasteiger partial charge in [0, 0.05) is 28.9 Å². The van der Waals surface area contributed by atoms with Crippen molar-refractivity contribution in [2.75, 3.05) is 0 Å². The van der Waals surface area contributed by atoms with Gasteiger partial charge in [-0.15, -0.1) is 11.3 Å². The fraction of sp³-hybridized carbons (Fsp3) is 0.308. The van der Waals surface area contributed by atoms with Gasteiger partial charge in [0.25, 0.3) is 0 Å². The number of benzene rings is 1. The normalized spacial score (nSPS) is 12.7. The quantitative estimate of drug-likeness (QED) is 0.934. The maximum absolute atomic E-state index is 13.1. The van der Waals surface area contributed by atoms with E-state index in [4.69, 9.17) is 11.6 Å². The predicted molar refractivity (Wildman–Crippen MR) is 71.7 cm³/mol. The summed E-state index contributed by atoms with van der Waals surface area (Å²) in [6.45, 7) is 1.91. The fourth-order valence-corrected chi connectivity index (χ4v) is 2.76. The molecule has 5 heteroatoms. The SMILES string of the molecule is Cc1csc(CC(O)Cc2cc(F)ccc2Cl)n1. The third-order valence-corrected chi connectivity index (χ3v) is 3.90. The molecule has 0 amide bonds. The number of aromatic nitrogens is 1. The standard InChI is InChI=1S/C13H13ClFNOS/c1-8-7-18-13(16-8)6-11(17)5-9-4-10(15)2-3-12(9)14/h2-4,7,11,17H,5-6H2,1H3. The lowest BCUT2D eigenvalue weighted by Gasteiger charge is -2.10. The van der Waals surface area contributed by atoms with Crippen molar-refractivity contribution in [1.82, 2.24) is 4.98 Å². The zero-order valence-electron chi connectivity index (χ0n) is 9.86. The van der Waals surface area contributed by atoms with Crippen LogP contribution in [-0.4, -0.2) is 16.2 Å². The number of aryl methyl sites for hydroxylation is 1. The van der Waals surface area contributed by atoms with Crippen LogP contribution in [0.4, 0.5) is 4.39 Å². The average molecular weight is 286 g/mol. The lowest BCUT2D eigenvalue weighted by Crippen LogP contribution is -2.14. The third-order valence-electron chi connectivity index (χ3n) is 2.54. The first kappa shape index (κ1) is 13.5. The number of thiazole rings is 1. The molecule has 1 aromatic carbocycles. The lowest BCUT2D eigenvalue weighted by molar-refractivity contribution is 0.175. The molecule has 2 rings (SSSR count). The molecule has 0 aliphatic carbocycles. The molecule has 0 radical (unpaired) electrons. The van der Waals surface area contributed by atoms with Gasteiger partial charge in [-0.25, -0.2) is 9.37 Å². The molecule has 0 saturated carbocycles. The molecule has 18 heavy (non-hydrogen) atoms. The van der Waals surface area contributed by atoms with E-state index in [9.17, 15) is 9.50 Å². The van der Waals surface area contributed by atoms with Crippen molar-refractivity contribution in [2.45, 2.75) is 25.9 Å². The second-order valence-electron chi connectivity index (χ2n) is 4.18. The van der Waals surface area contributed by atoms with E-state index >= 15 is 0 Å². The van der Waals surface area contributed by atoms with E-state index in [2.05, 4.69) is 4.98 Å². The van der Waals surface area contributed by atoms with Crippen LogP contribution >= 0.6 is 22.9 Å². The predicted octanol–water partition coefficient (Wildman–Crippen LogP) is 3.39. The summed E-state index contributed by atoms with van der Waals surface area (Å²) in [5, 5.41) is 13.3. The summed E-state index contributed by atoms with van der Waals surface area (Å²) < 4.78 is 13.1. The van der Waals surface area contributed by atoms with Gasteiger partial charge >= 0.3 is 0 Å². The van der Waals surface area contributed by atoms with Gasteiger partial charge in [0.1, 0.15) is 5.82 Å². The van der Waals surface area contributed by atoms with Crippen LogP contribution in [0.1, 0.15) is 16.3 Å². The average Bonchev–Trinajstić information content (AvgIpc) is 2.69. The summed E-state index contributed by atoms with van der Waals surface area (Å²) in [7, 11) is 0. The van der Waals surface area contributed by atoms with E-state index in [0.29, 0.717) is 23.4 Å². The Balaban J connectivity index is 2.02. The van der Waals surface area contributed by atoms with Crippen molar-refractivity contribution < 1.29 is 9.50 Å². The summed E-state index contributed by atoms with van der Waals surface area (Å²) in [4.78, 5) is 4.28. The third kappa shape index (κ3) is 3.51. The number of hydrogen-bond acceptors (Lipinski definition) is 3. The van der Waals surface area contributed by atoms with Gasteiger partial charge in [-0.3, -0.25) is 0 Å². The fourth-order valence-electron chi connectivity index (χ4n) is 1.72. The second kappa shape index (κ2) is 5.78. The van der Waals surface area contributed by atoms with E-state index in [1.54, 1.807) is 0 Å². The van der Waals surface area contributed by atoms with Gasteiger partial charge < -0.3 is 5.11 Å². The van der Waals surface area contributed by atoms with Crippen LogP contribution in [0.2, 0.25) is 5.02 Å². The van der Waals surface area contributed by atoms with Gasteiger partial charge in [-0.1, -0.05) is 11.6 Å². The maximum atomic E-state index is 13.1. The van der Waals surface area contributed by atoms with Crippen molar-refractivity contribution in [3.05, 3.63) is 50.7 Å². The van der Waals surface area contributed by atoms with E-state index in [1.807, 2.05) is 12.3 Å². The van der Waals surface area contributed by atoms with Gasteiger partial charge in [0.2, 0.25) is 0 Å². The van der Waals surface area contributed by atoms with Gasteiger partial charge in [-0.2, -0.15) is 0 Å². The first-order valence-corrected chi connectivity index (χ1v) is 6.83. The summed E-state index contributed by atoms with van der Waals surface area (Å²) in [6, 6.07) is 4.17. The van der Waals surface area contributed by atoms with Gasteiger partial charge in [0.15, 0.2) is 0 Å². The van der Waals surface area contributed by atoms with Gasteiger partial charge in [0.05, 0.1) is 11.1 Å². The molecule has 2 aromatic rings. The summed E-state index contributed by atoms with van der Waals surface area (Å²) >= 11 is 7.47. The highest BCUT2D eigenvalue weighted by Crippen LogP contribution is 2.20. The van der Waals surface area contributed by atoms with Crippen LogP contribution in [0.15, 0.2) is 23.6 Å². The minimum Gasteiger partial charge on any atom is -0.392 e. The minimum atomic E-state index is -0.602. The van der Waals surface area contributed by atoms with Crippen LogP contribution in [0, 0.1) is 12.7 Å². The van der Waals surface area contributed by atoms with E-state index in [1.165, 1.54) is 29.5 Å². The summed E-state index contributed by atoms with van der Waals surface area (Å²) in [5.74, 6) is -0.341. The Morgan fingerprint density at radius 2 is 2.22 bits per heavy atom. The molecule has 1 unspecified atom stereocenters. The van der Waals surface area contributed by atoms with Crippen LogP contribution in [0.5, 0.6) is 0 Å². The van der Waals surface area contributed by atoms with Crippen LogP contribution in [0.3, 0.4) is 0 Å². The second-order valence-corrected chi connectivity index (χ2v) is 5.53. The topological polar surface area (TPSA) is 33.1 Å². The Hall–Kier alpha value is -0.970. The molecule has 1 N–H and O–H groups in total. The molecule has 0 saturated heterocycles. The maximum Gasteiger partial charge on any atom is 0.123 e. The molecule has 0 spiro atoms. The van der Waals surface area contributed by atoms with Crippen molar-refractivity contribution in [3.8, 4) is 0 Å². The van der Waals surface area contributed by atoms with Crippen molar-refractivity contribution >= 4 is 22.9 Å². The molecular formula is C13H13ClFNOS. The Bertz CT molecular complexity index is 544. The molecule has 1 aromatic heterocycles.